The third-order valence-corrected chi connectivity index (χ3v) is 9.78. The lowest BCUT2D eigenvalue weighted by Crippen LogP contribution is -2.48. The van der Waals surface area contributed by atoms with Crippen LogP contribution in [0.5, 0.6) is 0 Å². The highest BCUT2D eigenvalue weighted by molar-refractivity contribution is 4.82. The van der Waals surface area contributed by atoms with Crippen molar-refractivity contribution >= 4 is 0 Å². The van der Waals surface area contributed by atoms with Crippen LogP contribution in [0.2, 0.25) is 0 Å². The maximum absolute atomic E-state index is 6.42. The number of unbranched alkanes of at least 4 members (excludes halogenated alkanes) is 24. The Hall–Kier alpha value is -0.680. The van der Waals surface area contributed by atoms with Crippen molar-refractivity contribution in [3.8, 4) is 0 Å². The number of hydrogen-bond acceptors (Lipinski definition) is 3. The standard InChI is InChI=1S/C44H89N2O2/c1-5-7-9-11-13-15-17-19-21-23-25-27-29-31-33-35-40-47-43-44(42-46(3,4)39-37-38-45)48-41-36-34-32-30-28-26-24-22-20-18-16-14-12-10-8-6-2/h19-22,44H,5-18,23-43,45H2,1-4H3/q+1/b21-19-,22-20-. The fraction of sp³-hybridized carbons (Fsp3) is 0.909. The molecule has 4 heteroatoms. The van der Waals surface area contributed by atoms with Crippen molar-refractivity contribution in [3.63, 3.8) is 0 Å². The van der Waals surface area contributed by atoms with Crippen molar-refractivity contribution in [1.82, 2.24) is 0 Å². The van der Waals surface area contributed by atoms with Gasteiger partial charge in [-0.3, -0.25) is 0 Å². The van der Waals surface area contributed by atoms with Gasteiger partial charge < -0.3 is 19.7 Å². The molecule has 0 saturated carbocycles. The van der Waals surface area contributed by atoms with Gasteiger partial charge in [0.05, 0.1) is 27.2 Å². The smallest absolute Gasteiger partial charge is 0.130 e. The van der Waals surface area contributed by atoms with Gasteiger partial charge in [-0.1, -0.05) is 154 Å². The van der Waals surface area contributed by atoms with Gasteiger partial charge in [0.2, 0.25) is 0 Å². The zero-order chi connectivity index (χ0) is 35.1. The molecule has 0 aromatic carbocycles. The van der Waals surface area contributed by atoms with Crippen molar-refractivity contribution < 1.29 is 14.0 Å². The van der Waals surface area contributed by atoms with Crippen molar-refractivity contribution in [3.05, 3.63) is 24.3 Å². The minimum Gasteiger partial charge on any atom is -0.379 e. The fourth-order valence-corrected chi connectivity index (χ4v) is 6.58. The van der Waals surface area contributed by atoms with E-state index in [1.165, 1.54) is 180 Å². The number of nitrogens with two attached hydrogens (primary N) is 1. The highest BCUT2D eigenvalue weighted by Gasteiger charge is 2.22. The molecule has 0 rings (SSSR count). The van der Waals surface area contributed by atoms with Gasteiger partial charge in [0.25, 0.3) is 0 Å². The number of allylic oxidation sites excluding steroid dienone is 4. The first kappa shape index (κ1) is 47.3. The van der Waals surface area contributed by atoms with Gasteiger partial charge in [-0.15, -0.1) is 0 Å². The number of quaternary nitrogens is 1. The van der Waals surface area contributed by atoms with Crippen LogP contribution in [0.15, 0.2) is 24.3 Å². The molecule has 0 aliphatic heterocycles. The predicted molar refractivity (Wildman–Crippen MR) is 215 cm³/mol. The van der Waals surface area contributed by atoms with Crippen LogP contribution in [-0.4, -0.2) is 64.1 Å². The molecule has 0 aliphatic rings. The third kappa shape index (κ3) is 38.1. The normalized spacial score (nSPS) is 13.0. The summed E-state index contributed by atoms with van der Waals surface area (Å²) in [6, 6.07) is 0. The second-order valence-corrected chi connectivity index (χ2v) is 15.4. The monoisotopic (exact) mass is 678 g/mol. The summed E-state index contributed by atoms with van der Waals surface area (Å²) in [5, 5.41) is 0. The Morgan fingerprint density at radius 1 is 0.479 bits per heavy atom. The molecule has 0 aromatic heterocycles. The summed E-state index contributed by atoms with van der Waals surface area (Å²) in [4.78, 5) is 0. The lowest BCUT2D eigenvalue weighted by atomic mass is 10.1. The van der Waals surface area contributed by atoms with Crippen LogP contribution in [0, 0.1) is 0 Å². The van der Waals surface area contributed by atoms with Gasteiger partial charge in [-0.2, -0.15) is 0 Å². The summed E-state index contributed by atoms with van der Waals surface area (Å²) >= 11 is 0. The van der Waals surface area contributed by atoms with E-state index in [1.807, 2.05) is 0 Å². The van der Waals surface area contributed by atoms with E-state index in [0.29, 0.717) is 0 Å². The molecule has 0 bridgehead atoms. The zero-order valence-corrected chi connectivity index (χ0v) is 33.5. The van der Waals surface area contributed by atoms with Crippen LogP contribution < -0.4 is 5.73 Å². The minimum atomic E-state index is 0.176. The van der Waals surface area contributed by atoms with Crippen LogP contribution in [0.25, 0.3) is 0 Å². The van der Waals surface area contributed by atoms with Crippen LogP contribution in [0.3, 0.4) is 0 Å². The van der Waals surface area contributed by atoms with Crippen LogP contribution in [-0.2, 0) is 9.47 Å². The van der Waals surface area contributed by atoms with E-state index in [1.54, 1.807) is 0 Å². The summed E-state index contributed by atoms with van der Waals surface area (Å²) in [5.74, 6) is 0. The highest BCUT2D eigenvalue weighted by Crippen LogP contribution is 2.13. The molecule has 0 aromatic rings. The molecular formula is C44H89N2O2+. The summed E-state index contributed by atoms with van der Waals surface area (Å²) in [6.45, 7) is 9.89. The molecule has 0 fully saturated rings. The molecule has 0 saturated heterocycles. The third-order valence-electron chi connectivity index (χ3n) is 9.78. The summed E-state index contributed by atoms with van der Waals surface area (Å²) in [7, 11) is 4.61. The second-order valence-electron chi connectivity index (χ2n) is 15.4. The van der Waals surface area contributed by atoms with Gasteiger partial charge in [0.1, 0.15) is 12.6 Å². The Bertz CT molecular complexity index is 662. The molecule has 1 unspecified atom stereocenters. The predicted octanol–water partition coefficient (Wildman–Crippen LogP) is 12.9. The Morgan fingerprint density at radius 2 is 0.854 bits per heavy atom. The van der Waals surface area contributed by atoms with Gasteiger partial charge in [-0.05, 0) is 70.8 Å². The molecule has 48 heavy (non-hydrogen) atoms. The first-order chi connectivity index (χ1) is 23.6. The molecule has 0 amide bonds. The molecular weight excluding hydrogens is 588 g/mol. The van der Waals surface area contributed by atoms with E-state index < -0.39 is 0 Å². The van der Waals surface area contributed by atoms with E-state index in [9.17, 15) is 0 Å². The van der Waals surface area contributed by atoms with E-state index in [-0.39, 0.29) is 6.10 Å². The average Bonchev–Trinajstić information content (AvgIpc) is 3.08. The SMILES string of the molecule is CCCCCCCC/C=C\CCCCCCCCOCC(C[N+](C)(C)CCCN)OCCCCCCCC/C=C\CCCCCCCC. The molecule has 2 N–H and O–H groups in total. The fourth-order valence-electron chi connectivity index (χ4n) is 6.58. The summed E-state index contributed by atoms with van der Waals surface area (Å²) < 4.78 is 13.5. The van der Waals surface area contributed by atoms with Crippen molar-refractivity contribution in [1.29, 1.82) is 0 Å². The summed E-state index contributed by atoms with van der Waals surface area (Å²) in [6.07, 6.45) is 48.5. The van der Waals surface area contributed by atoms with E-state index in [0.717, 1.165) is 50.4 Å². The number of likely N-dealkylation sites (N-methyl/N-ethyl adjacent to an activating group) is 1. The van der Waals surface area contributed by atoms with E-state index in [2.05, 4.69) is 52.2 Å². The van der Waals surface area contributed by atoms with Crippen LogP contribution in [0.4, 0.5) is 0 Å². The van der Waals surface area contributed by atoms with E-state index in [4.69, 9.17) is 15.2 Å². The maximum Gasteiger partial charge on any atom is 0.130 e. The topological polar surface area (TPSA) is 44.5 Å². The molecule has 1 atom stereocenters. The average molecular weight is 678 g/mol. The number of hydrogen-bond donors (Lipinski definition) is 1. The number of nitrogens with zero attached hydrogens (tertiary/aromatic N) is 1. The quantitative estimate of drug-likeness (QED) is 0.0399. The van der Waals surface area contributed by atoms with Crippen molar-refractivity contribution in [2.75, 3.05) is 53.6 Å². The largest absolute Gasteiger partial charge is 0.379 e. The summed E-state index contributed by atoms with van der Waals surface area (Å²) in [5.41, 5.74) is 5.81. The molecule has 0 aliphatic carbocycles. The van der Waals surface area contributed by atoms with Crippen molar-refractivity contribution in [2.45, 2.75) is 206 Å². The number of rotatable bonds is 40. The molecule has 0 heterocycles. The first-order valence-corrected chi connectivity index (χ1v) is 21.6. The zero-order valence-electron chi connectivity index (χ0n) is 33.5. The van der Waals surface area contributed by atoms with Gasteiger partial charge in [0.15, 0.2) is 0 Å². The van der Waals surface area contributed by atoms with E-state index >= 15 is 0 Å². The molecule has 0 spiro atoms. The van der Waals surface area contributed by atoms with Crippen LogP contribution >= 0.6 is 0 Å². The Kier molecular flexibility index (Phi) is 38.6. The molecule has 4 nitrogen and oxygen atoms in total. The number of ether oxygens (including phenoxy) is 2. The Balaban J connectivity index is 3.88. The molecule has 286 valence electrons. The van der Waals surface area contributed by atoms with Gasteiger partial charge >= 0.3 is 0 Å². The van der Waals surface area contributed by atoms with Crippen molar-refractivity contribution in [2.24, 2.45) is 5.73 Å². The van der Waals surface area contributed by atoms with Gasteiger partial charge in [-0.25, -0.2) is 0 Å². The van der Waals surface area contributed by atoms with Crippen LogP contribution in [0.1, 0.15) is 200 Å². The maximum atomic E-state index is 6.42. The first-order valence-electron chi connectivity index (χ1n) is 21.6. The second kappa shape index (κ2) is 39.1. The lowest BCUT2D eigenvalue weighted by molar-refractivity contribution is -0.893. The van der Waals surface area contributed by atoms with Gasteiger partial charge in [0, 0.05) is 19.6 Å². The Morgan fingerprint density at radius 3 is 1.27 bits per heavy atom. The highest BCUT2D eigenvalue weighted by atomic mass is 16.5. The molecule has 0 radical (unpaired) electrons. The minimum absolute atomic E-state index is 0.176. The lowest BCUT2D eigenvalue weighted by Gasteiger charge is -2.33. The Labute approximate surface area is 303 Å².